The van der Waals surface area contributed by atoms with Gasteiger partial charge in [-0.15, -0.1) is 22.0 Å². The molecule has 1 aliphatic rings. The summed E-state index contributed by atoms with van der Waals surface area (Å²) in [5.74, 6) is 3.66. The Labute approximate surface area is 188 Å². The van der Waals surface area contributed by atoms with Crippen LogP contribution < -0.4 is 4.74 Å². The minimum atomic E-state index is 0.569. The third kappa shape index (κ3) is 6.97. The van der Waals surface area contributed by atoms with Gasteiger partial charge >= 0.3 is 0 Å². The quantitative estimate of drug-likeness (QED) is 0.389. The van der Waals surface area contributed by atoms with Crippen molar-refractivity contribution in [2.75, 3.05) is 32.0 Å². The lowest BCUT2D eigenvalue weighted by Crippen LogP contribution is -2.29. The van der Waals surface area contributed by atoms with E-state index in [1.54, 1.807) is 11.8 Å². The first-order chi connectivity index (χ1) is 15.4. The third-order valence-corrected chi connectivity index (χ3v) is 6.12. The van der Waals surface area contributed by atoms with E-state index in [-0.39, 0.29) is 0 Å². The standard InChI is InChI=1S/C25H29N3O2S/c1-3-9-23(10-4-1)29-18-19-31-20-24-26-27-25(30-24)22-13-11-21(12-14-22)8-7-17-28-15-5-2-6-16-28/h1,3-4,7-14H,2,5-6,15-20H2. The Bertz CT molecular complexity index is 935. The monoisotopic (exact) mass is 435 g/mol. The smallest absolute Gasteiger partial charge is 0.247 e. The van der Waals surface area contributed by atoms with Crippen molar-refractivity contribution >= 4 is 17.8 Å². The summed E-state index contributed by atoms with van der Waals surface area (Å²) < 4.78 is 11.5. The predicted molar refractivity (Wildman–Crippen MR) is 127 cm³/mol. The van der Waals surface area contributed by atoms with Gasteiger partial charge in [-0.25, -0.2) is 0 Å². The first kappa shape index (κ1) is 21.7. The third-order valence-electron chi connectivity index (χ3n) is 5.21. The van der Waals surface area contributed by atoms with Crippen LogP contribution in [0.1, 0.15) is 30.7 Å². The van der Waals surface area contributed by atoms with Crippen molar-refractivity contribution in [3.8, 4) is 17.2 Å². The molecule has 2 heterocycles. The van der Waals surface area contributed by atoms with Crippen LogP contribution in [0.3, 0.4) is 0 Å². The van der Waals surface area contributed by atoms with Gasteiger partial charge in [0.15, 0.2) is 0 Å². The fraction of sp³-hybridized carbons (Fsp3) is 0.360. The lowest BCUT2D eigenvalue weighted by atomic mass is 10.1. The number of rotatable bonds is 10. The van der Waals surface area contributed by atoms with Gasteiger partial charge in [0, 0.05) is 17.9 Å². The molecule has 0 amide bonds. The van der Waals surface area contributed by atoms with Crippen LogP contribution in [0.25, 0.3) is 17.5 Å². The predicted octanol–water partition coefficient (Wildman–Crippen LogP) is 5.55. The highest BCUT2D eigenvalue weighted by Gasteiger charge is 2.09. The van der Waals surface area contributed by atoms with Crippen molar-refractivity contribution in [2.45, 2.75) is 25.0 Å². The summed E-state index contributed by atoms with van der Waals surface area (Å²) in [5, 5.41) is 8.37. The normalized spacial score (nSPS) is 14.8. The molecule has 0 atom stereocenters. The molecule has 6 heteroatoms. The number of benzene rings is 2. The van der Waals surface area contributed by atoms with Crippen LogP contribution in [0.2, 0.25) is 0 Å². The van der Waals surface area contributed by atoms with E-state index in [4.69, 9.17) is 9.15 Å². The van der Waals surface area contributed by atoms with Crippen LogP contribution in [0, 0.1) is 0 Å². The molecule has 2 aromatic carbocycles. The highest BCUT2D eigenvalue weighted by molar-refractivity contribution is 7.98. The van der Waals surface area contributed by atoms with Gasteiger partial charge in [-0.1, -0.05) is 48.9 Å². The number of hydrogen-bond acceptors (Lipinski definition) is 6. The molecule has 1 aliphatic heterocycles. The molecule has 1 fully saturated rings. The second-order valence-electron chi connectivity index (χ2n) is 7.60. The maximum Gasteiger partial charge on any atom is 0.247 e. The average Bonchev–Trinajstić information content (AvgIpc) is 3.30. The summed E-state index contributed by atoms with van der Waals surface area (Å²) in [6.07, 6.45) is 8.47. The minimum Gasteiger partial charge on any atom is -0.493 e. The van der Waals surface area contributed by atoms with Crippen LogP contribution in [-0.2, 0) is 5.75 Å². The van der Waals surface area contributed by atoms with Crippen molar-refractivity contribution in [1.29, 1.82) is 0 Å². The first-order valence-corrected chi connectivity index (χ1v) is 12.1. The van der Waals surface area contributed by atoms with Gasteiger partial charge in [0.05, 0.1) is 12.4 Å². The Morgan fingerprint density at radius 3 is 2.58 bits per heavy atom. The maximum atomic E-state index is 5.83. The molecule has 31 heavy (non-hydrogen) atoms. The summed E-state index contributed by atoms with van der Waals surface area (Å²) >= 11 is 1.72. The van der Waals surface area contributed by atoms with Gasteiger partial charge in [0.1, 0.15) is 5.75 Å². The molecular formula is C25H29N3O2S. The second kappa shape index (κ2) is 11.7. The molecule has 3 aromatic rings. The van der Waals surface area contributed by atoms with E-state index in [1.807, 2.05) is 42.5 Å². The van der Waals surface area contributed by atoms with E-state index in [9.17, 15) is 0 Å². The fourth-order valence-corrected chi connectivity index (χ4v) is 4.18. The van der Waals surface area contributed by atoms with Crippen LogP contribution in [0.4, 0.5) is 0 Å². The van der Waals surface area contributed by atoms with Crippen LogP contribution in [-0.4, -0.2) is 47.1 Å². The van der Waals surface area contributed by atoms with Crippen molar-refractivity contribution < 1.29 is 9.15 Å². The van der Waals surface area contributed by atoms with Crippen LogP contribution in [0.15, 0.2) is 65.1 Å². The number of aromatic nitrogens is 2. The molecule has 0 radical (unpaired) electrons. The van der Waals surface area contributed by atoms with Gasteiger partial charge in [-0.05, 0) is 55.8 Å². The first-order valence-electron chi connectivity index (χ1n) is 10.9. The Hall–Kier alpha value is -2.57. The number of thioether (sulfide) groups is 1. The van der Waals surface area contributed by atoms with Crippen molar-refractivity contribution in [1.82, 2.24) is 15.1 Å². The molecule has 5 nitrogen and oxygen atoms in total. The van der Waals surface area contributed by atoms with Gasteiger partial charge < -0.3 is 9.15 Å². The topological polar surface area (TPSA) is 51.4 Å². The second-order valence-corrected chi connectivity index (χ2v) is 8.71. The Morgan fingerprint density at radius 1 is 0.968 bits per heavy atom. The average molecular weight is 436 g/mol. The minimum absolute atomic E-state index is 0.569. The summed E-state index contributed by atoms with van der Waals surface area (Å²) in [6, 6.07) is 18.1. The van der Waals surface area contributed by atoms with Gasteiger partial charge in [0.2, 0.25) is 11.8 Å². The molecule has 1 aromatic heterocycles. The zero-order chi connectivity index (χ0) is 21.1. The zero-order valence-electron chi connectivity index (χ0n) is 17.8. The lowest BCUT2D eigenvalue weighted by molar-refractivity contribution is 0.252. The van der Waals surface area contributed by atoms with E-state index in [2.05, 4.69) is 39.4 Å². The Morgan fingerprint density at radius 2 is 1.77 bits per heavy atom. The zero-order valence-corrected chi connectivity index (χ0v) is 18.6. The van der Waals surface area contributed by atoms with Crippen LogP contribution in [0.5, 0.6) is 5.75 Å². The molecule has 0 N–H and O–H groups in total. The van der Waals surface area contributed by atoms with E-state index < -0.39 is 0 Å². The molecule has 0 unspecified atom stereocenters. The molecule has 0 bridgehead atoms. The highest BCUT2D eigenvalue weighted by Crippen LogP contribution is 2.21. The van der Waals surface area contributed by atoms with Gasteiger partial charge in [0.25, 0.3) is 0 Å². The number of likely N-dealkylation sites (tertiary alicyclic amines) is 1. The number of nitrogens with zero attached hydrogens (tertiary/aromatic N) is 3. The summed E-state index contributed by atoms with van der Waals surface area (Å²) in [4.78, 5) is 2.51. The molecular weight excluding hydrogens is 406 g/mol. The molecule has 1 saturated heterocycles. The molecule has 0 spiro atoms. The number of ether oxygens (including phenoxy) is 1. The molecule has 0 aliphatic carbocycles. The van der Waals surface area contributed by atoms with Crippen LogP contribution >= 0.6 is 11.8 Å². The molecule has 0 saturated carbocycles. The Balaban J connectivity index is 1.20. The SMILES string of the molecule is C(=Cc1ccc(-c2nnc(CSCCOc3ccccc3)o2)cc1)CN1CCCCC1. The highest BCUT2D eigenvalue weighted by atomic mass is 32.2. The Kier molecular flexibility index (Phi) is 8.19. The number of piperidine rings is 1. The summed E-state index contributed by atoms with van der Waals surface area (Å²) in [7, 11) is 0. The number of hydrogen-bond donors (Lipinski definition) is 0. The molecule has 162 valence electrons. The fourth-order valence-electron chi connectivity index (χ4n) is 3.54. The lowest BCUT2D eigenvalue weighted by Gasteiger charge is -2.24. The van der Waals surface area contributed by atoms with E-state index in [0.717, 1.165) is 23.6 Å². The van der Waals surface area contributed by atoms with Crippen molar-refractivity contribution in [2.24, 2.45) is 0 Å². The van der Waals surface area contributed by atoms with Gasteiger partial charge in [-0.3, -0.25) is 4.90 Å². The largest absolute Gasteiger partial charge is 0.493 e. The van der Waals surface area contributed by atoms with E-state index in [1.165, 1.54) is 37.9 Å². The summed E-state index contributed by atoms with van der Waals surface area (Å²) in [5.41, 5.74) is 2.14. The van der Waals surface area contributed by atoms with E-state index in [0.29, 0.717) is 24.1 Å². The molecule has 4 rings (SSSR count). The summed E-state index contributed by atoms with van der Waals surface area (Å²) in [6.45, 7) is 4.13. The number of para-hydroxylation sites is 1. The van der Waals surface area contributed by atoms with Crippen molar-refractivity contribution in [3.05, 3.63) is 72.1 Å². The maximum absolute atomic E-state index is 5.83. The van der Waals surface area contributed by atoms with E-state index >= 15 is 0 Å². The van der Waals surface area contributed by atoms with Crippen molar-refractivity contribution in [3.63, 3.8) is 0 Å². The van der Waals surface area contributed by atoms with Gasteiger partial charge in [-0.2, -0.15) is 0 Å².